The Morgan fingerprint density at radius 3 is 2.29 bits per heavy atom. The molecule has 4 rings (SSSR count). The van der Waals surface area contributed by atoms with Crippen LogP contribution in [0.3, 0.4) is 0 Å². The van der Waals surface area contributed by atoms with Gasteiger partial charge in [0.05, 0.1) is 30.9 Å². The highest BCUT2D eigenvalue weighted by Gasteiger charge is 2.46. The number of hydrogen-bond donors (Lipinski definition) is 1. The minimum Gasteiger partial charge on any atom is -0.507 e. The van der Waals surface area contributed by atoms with Gasteiger partial charge < -0.3 is 19.5 Å². The molecule has 1 amide bonds. The summed E-state index contributed by atoms with van der Waals surface area (Å²) in [6.07, 6.45) is 0.916. The number of carbonyl (C=O) groups excluding carboxylic acids is 2. The molecular weight excluding hydrogens is 444 g/mol. The van der Waals surface area contributed by atoms with E-state index in [1.807, 2.05) is 38.1 Å². The van der Waals surface area contributed by atoms with Gasteiger partial charge in [0.2, 0.25) is 0 Å². The van der Waals surface area contributed by atoms with Gasteiger partial charge in [-0.15, -0.1) is 0 Å². The van der Waals surface area contributed by atoms with Crippen molar-refractivity contribution in [3.05, 3.63) is 70.8 Å². The predicted molar refractivity (Wildman–Crippen MR) is 134 cm³/mol. The molecule has 7 heteroatoms. The first-order chi connectivity index (χ1) is 16.9. The van der Waals surface area contributed by atoms with Crippen molar-refractivity contribution in [3.63, 3.8) is 0 Å². The number of ketones is 1. The van der Waals surface area contributed by atoms with E-state index in [0.717, 1.165) is 25.1 Å². The Morgan fingerprint density at radius 1 is 1.03 bits per heavy atom. The van der Waals surface area contributed by atoms with E-state index in [1.54, 1.807) is 29.2 Å². The Labute approximate surface area is 206 Å². The number of aliphatic hydroxyl groups is 1. The zero-order valence-corrected chi connectivity index (χ0v) is 20.7. The fraction of sp³-hybridized carbons (Fsp3) is 0.429. The molecule has 0 bridgehead atoms. The van der Waals surface area contributed by atoms with Crippen molar-refractivity contribution >= 4 is 17.4 Å². The first kappa shape index (κ1) is 24.9. The Morgan fingerprint density at radius 2 is 1.69 bits per heavy atom. The normalized spacial score (nSPS) is 20.6. The third kappa shape index (κ3) is 5.57. The highest BCUT2D eigenvalue weighted by molar-refractivity contribution is 6.46. The molecule has 0 spiro atoms. The highest BCUT2D eigenvalue weighted by Crippen LogP contribution is 2.39. The van der Waals surface area contributed by atoms with Crippen LogP contribution in [0.4, 0.5) is 0 Å². The molecule has 1 N–H and O–H groups in total. The molecule has 1 atom stereocenters. The number of aryl methyl sites for hydroxylation is 1. The molecule has 2 aliphatic heterocycles. The van der Waals surface area contributed by atoms with Gasteiger partial charge >= 0.3 is 0 Å². The number of rotatable bonds is 8. The second-order valence-electron chi connectivity index (χ2n) is 9.23. The number of morpholine rings is 1. The lowest BCUT2D eigenvalue weighted by Gasteiger charge is -2.31. The largest absolute Gasteiger partial charge is 0.507 e. The van der Waals surface area contributed by atoms with E-state index in [9.17, 15) is 14.7 Å². The number of amides is 1. The molecule has 0 aromatic heterocycles. The average molecular weight is 479 g/mol. The summed E-state index contributed by atoms with van der Waals surface area (Å²) in [4.78, 5) is 30.2. The lowest BCUT2D eigenvalue weighted by atomic mass is 9.94. The van der Waals surface area contributed by atoms with Crippen molar-refractivity contribution in [3.8, 4) is 5.75 Å². The maximum atomic E-state index is 13.2. The van der Waals surface area contributed by atoms with Crippen molar-refractivity contribution in [1.82, 2.24) is 9.80 Å². The van der Waals surface area contributed by atoms with Gasteiger partial charge in [0.15, 0.2) is 0 Å². The number of ether oxygens (including phenoxy) is 2. The second-order valence-corrected chi connectivity index (χ2v) is 9.23. The van der Waals surface area contributed by atoms with Crippen LogP contribution in [0, 0.1) is 0 Å². The summed E-state index contributed by atoms with van der Waals surface area (Å²) in [5, 5.41) is 11.3. The maximum Gasteiger partial charge on any atom is 0.295 e. The smallest absolute Gasteiger partial charge is 0.295 e. The molecule has 2 fully saturated rings. The Hall–Kier alpha value is -3.16. The topological polar surface area (TPSA) is 79.3 Å². The maximum absolute atomic E-state index is 13.2. The van der Waals surface area contributed by atoms with Gasteiger partial charge in [-0.3, -0.25) is 14.5 Å². The lowest BCUT2D eigenvalue weighted by Crippen LogP contribution is -2.42. The van der Waals surface area contributed by atoms with Gasteiger partial charge in [-0.1, -0.05) is 31.2 Å². The fourth-order valence-corrected chi connectivity index (χ4v) is 4.59. The summed E-state index contributed by atoms with van der Waals surface area (Å²) in [6, 6.07) is 14.2. The minimum atomic E-state index is -0.656. The van der Waals surface area contributed by atoms with Gasteiger partial charge in [0.1, 0.15) is 11.5 Å². The molecule has 0 saturated carbocycles. The predicted octanol–water partition coefficient (Wildman–Crippen LogP) is 3.79. The van der Waals surface area contributed by atoms with Crippen LogP contribution >= 0.6 is 0 Å². The van der Waals surface area contributed by atoms with Crippen molar-refractivity contribution in [2.75, 3.05) is 39.4 Å². The summed E-state index contributed by atoms with van der Waals surface area (Å²) in [5.74, 6) is -0.729. The second kappa shape index (κ2) is 11.1. The number of carbonyl (C=O) groups is 2. The molecule has 186 valence electrons. The highest BCUT2D eigenvalue weighted by atomic mass is 16.5. The van der Waals surface area contributed by atoms with Gasteiger partial charge in [-0.25, -0.2) is 0 Å². The molecule has 2 saturated heterocycles. The lowest BCUT2D eigenvalue weighted by molar-refractivity contribution is -0.140. The number of Topliss-reactive ketones (excluding diaryl/α,β-unsaturated/α-hetero) is 1. The first-order valence-electron chi connectivity index (χ1n) is 12.3. The number of likely N-dealkylation sites (tertiary alicyclic amines) is 1. The van der Waals surface area contributed by atoms with E-state index >= 15 is 0 Å². The van der Waals surface area contributed by atoms with Crippen LogP contribution in [0.1, 0.15) is 43.5 Å². The van der Waals surface area contributed by atoms with Gasteiger partial charge in [0.25, 0.3) is 11.7 Å². The number of benzene rings is 2. The molecule has 2 aromatic carbocycles. The molecule has 2 aliphatic rings. The molecule has 0 aliphatic carbocycles. The van der Waals surface area contributed by atoms with Crippen LogP contribution in [0.2, 0.25) is 0 Å². The van der Waals surface area contributed by atoms with Crippen molar-refractivity contribution in [1.29, 1.82) is 0 Å². The van der Waals surface area contributed by atoms with Crippen molar-refractivity contribution in [2.45, 2.75) is 39.3 Å². The van der Waals surface area contributed by atoms with Crippen molar-refractivity contribution < 1.29 is 24.2 Å². The van der Waals surface area contributed by atoms with Crippen LogP contribution in [-0.4, -0.2) is 72.1 Å². The first-order valence-corrected chi connectivity index (χ1v) is 12.3. The third-order valence-electron chi connectivity index (χ3n) is 6.50. The average Bonchev–Trinajstić information content (AvgIpc) is 3.12. The molecule has 7 nitrogen and oxygen atoms in total. The molecule has 0 radical (unpaired) electrons. The summed E-state index contributed by atoms with van der Waals surface area (Å²) >= 11 is 0. The Kier molecular flexibility index (Phi) is 7.88. The third-order valence-corrected chi connectivity index (χ3v) is 6.50. The van der Waals surface area contributed by atoms with Crippen LogP contribution in [0.5, 0.6) is 5.75 Å². The molecule has 1 unspecified atom stereocenters. The van der Waals surface area contributed by atoms with Gasteiger partial charge in [0, 0.05) is 31.7 Å². The molecule has 35 heavy (non-hydrogen) atoms. The summed E-state index contributed by atoms with van der Waals surface area (Å²) < 4.78 is 11.1. The summed E-state index contributed by atoms with van der Waals surface area (Å²) in [6.45, 7) is 9.91. The number of nitrogens with zero attached hydrogens (tertiary/aromatic N) is 2. The van der Waals surface area contributed by atoms with E-state index < -0.39 is 17.7 Å². The van der Waals surface area contributed by atoms with Crippen LogP contribution in [0.15, 0.2) is 54.1 Å². The van der Waals surface area contributed by atoms with E-state index in [4.69, 9.17) is 9.47 Å². The van der Waals surface area contributed by atoms with Crippen LogP contribution in [0.25, 0.3) is 5.76 Å². The zero-order chi connectivity index (χ0) is 24.9. The number of hydrogen-bond acceptors (Lipinski definition) is 6. The minimum absolute atomic E-state index is 0.0253. The summed E-state index contributed by atoms with van der Waals surface area (Å²) in [5.41, 5.74) is 2.57. The van der Waals surface area contributed by atoms with Crippen LogP contribution in [-0.2, 0) is 20.7 Å². The quantitative estimate of drug-likeness (QED) is 0.353. The Balaban J connectivity index is 1.69. The van der Waals surface area contributed by atoms with Crippen molar-refractivity contribution in [2.24, 2.45) is 0 Å². The SMILES string of the molecule is CCc1ccc(C2C(=C(O)c3ccc(OC(C)C)cc3)C(=O)C(=O)N2CCN2CCOCC2)cc1. The Bertz CT molecular complexity index is 1070. The molecular formula is C28H34N2O5. The number of aliphatic hydroxyl groups excluding tert-OH is 1. The van der Waals surface area contributed by atoms with E-state index in [2.05, 4.69) is 11.8 Å². The standard InChI is InChI=1S/C28H34N2O5/c1-4-20-5-7-21(8-6-20)25-24(26(31)22-9-11-23(12-10-22)35-19(2)3)27(32)28(33)30(25)14-13-29-15-17-34-18-16-29/h5-12,19,25,31H,4,13-18H2,1-3H3. The van der Waals surface area contributed by atoms with Gasteiger partial charge in [-0.2, -0.15) is 0 Å². The van der Waals surface area contributed by atoms with E-state index in [-0.39, 0.29) is 17.4 Å². The monoisotopic (exact) mass is 478 g/mol. The van der Waals surface area contributed by atoms with Crippen LogP contribution < -0.4 is 4.74 Å². The van der Waals surface area contributed by atoms with E-state index in [1.165, 1.54) is 5.56 Å². The van der Waals surface area contributed by atoms with Gasteiger partial charge in [-0.05, 0) is 55.7 Å². The molecule has 2 aromatic rings. The zero-order valence-electron chi connectivity index (χ0n) is 20.7. The summed E-state index contributed by atoms with van der Waals surface area (Å²) in [7, 11) is 0. The molecule has 2 heterocycles. The fourth-order valence-electron chi connectivity index (χ4n) is 4.59. The van der Waals surface area contributed by atoms with E-state index in [0.29, 0.717) is 37.6 Å².